The van der Waals surface area contributed by atoms with Crippen LogP contribution in [-0.4, -0.2) is 18.5 Å². The molecule has 0 heterocycles. The normalized spacial score (nSPS) is 11.9. The summed E-state index contributed by atoms with van der Waals surface area (Å²) in [6.45, 7) is 4.96. The molecule has 18 heavy (non-hydrogen) atoms. The predicted octanol–water partition coefficient (Wildman–Crippen LogP) is 3.18. The second-order valence-electron chi connectivity index (χ2n) is 4.47. The van der Waals surface area contributed by atoms with E-state index in [-0.39, 0.29) is 11.9 Å². The van der Waals surface area contributed by atoms with Crippen LogP contribution in [-0.2, 0) is 4.79 Å². The SMILES string of the molecule is CCCCCNC(=O)[C@@H](CC)Nc1ccccc1. The number of carbonyl (C=O) groups is 1. The molecule has 0 unspecified atom stereocenters. The molecule has 0 radical (unpaired) electrons. The van der Waals surface area contributed by atoms with Crippen LogP contribution >= 0.6 is 0 Å². The number of carbonyl (C=O) groups excluding carboxylic acids is 1. The van der Waals surface area contributed by atoms with E-state index in [1.165, 1.54) is 12.8 Å². The first-order valence-corrected chi connectivity index (χ1v) is 6.87. The highest BCUT2D eigenvalue weighted by molar-refractivity contribution is 5.84. The standard InChI is InChI=1S/C15H24N2O/c1-3-5-9-12-16-15(18)14(4-2)17-13-10-7-6-8-11-13/h6-8,10-11,14,17H,3-5,9,12H2,1-2H3,(H,16,18)/t14-/m1/s1. The van der Waals surface area contributed by atoms with E-state index < -0.39 is 0 Å². The second kappa shape index (κ2) is 8.56. The van der Waals surface area contributed by atoms with E-state index >= 15 is 0 Å². The summed E-state index contributed by atoms with van der Waals surface area (Å²) in [4.78, 5) is 12.0. The van der Waals surface area contributed by atoms with Crippen LogP contribution in [0.2, 0.25) is 0 Å². The molecule has 0 bridgehead atoms. The molecule has 0 aliphatic rings. The minimum absolute atomic E-state index is 0.0949. The highest BCUT2D eigenvalue weighted by Gasteiger charge is 2.14. The van der Waals surface area contributed by atoms with Gasteiger partial charge in [0.25, 0.3) is 0 Å². The van der Waals surface area contributed by atoms with Crippen molar-refractivity contribution in [3.63, 3.8) is 0 Å². The first-order chi connectivity index (χ1) is 8.77. The lowest BCUT2D eigenvalue weighted by Crippen LogP contribution is -2.39. The first-order valence-electron chi connectivity index (χ1n) is 6.87. The van der Waals surface area contributed by atoms with Gasteiger partial charge in [-0.15, -0.1) is 0 Å². The minimum Gasteiger partial charge on any atom is -0.374 e. The van der Waals surface area contributed by atoms with Crippen LogP contribution in [0.5, 0.6) is 0 Å². The number of benzene rings is 1. The quantitative estimate of drug-likeness (QED) is 0.694. The third kappa shape index (κ3) is 5.21. The first kappa shape index (κ1) is 14.6. The summed E-state index contributed by atoms with van der Waals surface area (Å²) in [6.07, 6.45) is 4.19. The van der Waals surface area contributed by atoms with Crippen LogP contribution in [0.3, 0.4) is 0 Å². The van der Waals surface area contributed by atoms with Crippen molar-refractivity contribution in [2.75, 3.05) is 11.9 Å². The van der Waals surface area contributed by atoms with Gasteiger partial charge in [0.2, 0.25) is 5.91 Å². The Morgan fingerprint density at radius 2 is 1.89 bits per heavy atom. The van der Waals surface area contributed by atoms with E-state index in [9.17, 15) is 4.79 Å². The third-order valence-corrected chi connectivity index (χ3v) is 2.92. The molecule has 1 aromatic rings. The Labute approximate surface area is 110 Å². The maximum atomic E-state index is 12.0. The van der Waals surface area contributed by atoms with E-state index in [1.807, 2.05) is 37.3 Å². The van der Waals surface area contributed by atoms with Crippen molar-refractivity contribution in [2.24, 2.45) is 0 Å². The van der Waals surface area contributed by atoms with Gasteiger partial charge < -0.3 is 10.6 Å². The second-order valence-corrected chi connectivity index (χ2v) is 4.47. The summed E-state index contributed by atoms with van der Waals surface area (Å²) in [6, 6.07) is 9.72. The van der Waals surface area contributed by atoms with Gasteiger partial charge in [-0.1, -0.05) is 44.9 Å². The van der Waals surface area contributed by atoms with Gasteiger partial charge >= 0.3 is 0 Å². The molecule has 0 spiro atoms. The van der Waals surface area contributed by atoms with Crippen LogP contribution in [0.4, 0.5) is 5.69 Å². The maximum absolute atomic E-state index is 12.0. The third-order valence-electron chi connectivity index (χ3n) is 2.92. The van der Waals surface area contributed by atoms with Crippen molar-refractivity contribution in [1.82, 2.24) is 5.32 Å². The highest BCUT2D eigenvalue weighted by Crippen LogP contribution is 2.08. The molecule has 1 amide bonds. The van der Waals surface area contributed by atoms with Crippen molar-refractivity contribution in [2.45, 2.75) is 45.6 Å². The Bertz CT molecular complexity index is 338. The fourth-order valence-corrected chi connectivity index (χ4v) is 1.80. The van der Waals surface area contributed by atoms with Gasteiger partial charge in [0.05, 0.1) is 0 Å². The average Bonchev–Trinajstić information content (AvgIpc) is 2.42. The smallest absolute Gasteiger partial charge is 0.242 e. The van der Waals surface area contributed by atoms with Crippen molar-refractivity contribution in [3.8, 4) is 0 Å². The Morgan fingerprint density at radius 1 is 1.17 bits per heavy atom. The van der Waals surface area contributed by atoms with Crippen LogP contribution in [0.15, 0.2) is 30.3 Å². The Morgan fingerprint density at radius 3 is 2.50 bits per heavy atom. The average molecular weight is 248 g/mol. The molecule has 0 aromatic heterocycles. The predicted molar refractivity (Wildman–Crippen MR) is 76.7 cm³/mol. The molecule has 0 aliphatic heterocycles. The van der Waals surface area contributed by atoms with Gasteiger partial charge in [0.15, 0.2) is 0 Å². The topological polar surface area (TPSA) is 41.1 Å². The molecule has 3 nitrogen and oxygen atoms in total. The van der Waals surface area contributed by atoms with Gasteiger partial charge in [-0.3, -0.25) is 4.79 Å². The molecule has 0 saturated heterocycles. The number of amides is 1. The molecule has 1 aromatic carbocycles. The number of unbranched alkanes of at least 4 members (excludes halogenated alkanes) is 2. The van der Waals surface area contributed by atoms with Gasteiger partial charge in [-0.25, -0.2) is 0 Å². The van der Waals surface area contributed by atoms with E-state index in [2.05, 4.69) is 17.6 Å². The van der Waals surface area contributed by atoms with E-state index in [4.69, 9.17) is 0 Å². The number of hydrogen-bond donors (Lipinski definition) is 2. The van der Waals surface area contributed by atoms with Crippen LogP contribution in [0, 0.1) is 0 Å². The molecule has 100 valence electrons. The maximum Gasteiger partial charge on any atom is 0.242 e. The highest BCUT2D eigenvalue weighted by atomic mass is 16.2. The lowest BCUT2D eigenvalue weighted by atomic mass is 10.2. The molecule has 1 atom stereocenters. The van der Waals surface area contributed by atoms with Gasteiger partial charge in [-0.2, -0.15) is 0 Å². The minimum atomic E-state index is -0.144. The van der Waals surface area contributed by atoms with Crippen LogP contribution in [0.25, 0.3) is 0 Å². The summed E-state index contributed by atoms with van der Waals surface area (Å²) < 4.78 is 0. The zero-order valence-corrected chi connectivity index (χ0v) is 11.4. The molecular formula is C15H24N2O. The summed E-state index contributed by atoms with van der Waals surface area (Å²) in [5.41, 5.74) is 0.994. The van der Waals surface area contributed by atoms with Gasteiger partial charge in [0, 0.05) is 12.2 Å². The molecule has 2 N–H and O–H groups in total. The molecule has 0 fully saturated rings. The number of rotatable bonds is 8. The lowest BCUT2D eigenvalue weighted by molar-refractivity contribution is -0.121. The molecule has 0 aliphatic carbocycles. The summed E-state index contributed by atoms with van der Waals surface area (Å²) in [7, 11) is 0. The molecule has 3 heteroatoms. The number of hydrogen-bond acceptors (Lipinski definition) is 2. The van der Waals surface area contributed by atoms with Crippen molar-refractivity contribution >= 4 is 11.6 Å². The fraction of sp³-hybridized carbons (Fsp3) is 0.533. The summed E-state index contributed by atoms with van der Waals surface area (Å²) in [5.74, 6) is 0.0949. The Balaban J connectivity index is 2.38. The van der Waals surface area contributed by atoms with Crippen molar-refractivity contribution in [3.05, 3.63) is 30.3 Å². The lowest BCUT2D eigenvalue weighted by Gasteiger charge is -2.17. The van der Waals surface area contributed by atoms with Crippen molar-refractivity contribution in [1.29, 1.82) is 0 Å². The van der Waals surface area contributed by atoms with E-state index in [0.717, 1.165) is 25.1 Å². The zero-order chi connectivity index (χ0) is 13.2. The number of para-hydroxylation sites is 1. The van der Waals surface area contributed by atoms with Gasteiger partial charge in [-0.05, 0) is 25.0 Å². The van der Waals surface area contributed by atoms with Gasteiger partial charge in [0.1, 0.15) is 6.04 Å². The number of nitrogens with one attached hydrogen (secondary N) is 2. The largest absolute Gasteiger partial charge is 0.374 e. The molecule has 0 saturated carbocycles. The Kier molecular flexibility index (Phi) is 6.92. The molecular weight excluding hydrogens is 224 g/mol. The van der Waals surface area contributed by atoms with E-state index in [1.54, 1.807) is 0 Å². The summed E-state index contributed by atoms with van der Waals surface area (Å²) >= 11 is 0. The van der Waals surface area contributed by atoms with Crippen LogP contribution in [0.1, 0.15) is 39.5 Å². The summed E-state index contributed by atoms with van der Waals surface area (Å²) in [5, 5.41) is 6.24. The Hall–Kier alpha value is -1.51. The number of anilines is 1. The fourth-order valence-electron chi connectivity index (χ4n) is 1.80. The van der Waals surface area contributed by atoms with E-state index in [0.29, 0.717) is 0 Å². The zero-order valence-electron chi connectivity index (χ0n) is 11.4. The monoisotopic (exact) mass is 248 g/mol. The van der Waals surface area contributed by atoms with Crippen LogP contribution < -0.4 is 10.6 Å². The van der Waals surface area contributed by atoms with Crippen molar-refractivity contribution < 1.29 is 4.79 Å². The molecule has 1 rings (SSSR count).